The van der Waals surface area contributed by atoms with E-state index in [2.05, 4.69) is 15.9 Å². The van der Waals surface area contributed by atoms with Crippen LogP contribution in [-0.4, -0.2) is 31.7 Å². The molecule has 1 aromatic heterocycles. The molecule has 0 saturated heterocycles. The van der Waals surface area contributed by atoms with Crippen molar-refractivity contribution >= 4 is 43.2 Å². The molecule has 0 spiro atoms. The van der Waals surface area contributed by atoms with E-state index in [0.29, 0.717) is 4.88 Å². The van der Waals surface area contributed by atoms with E-state index < -0.39 is 15.9 Å². The van der Waals surface area contributed by atoms with Crippen LogP contribution in [0, 0.1) is 12.8 Å². The van der Waals surface area contributed by atoms with E-state index in [1.165, 1.54) is 11.3 Å². The lowest BCUT2D eigenvalue weighted by atomic mass is 10.2. The number of hydrogen-bond acceptors (Lipinski definition) is 4. The number of aryl methyl sites for hydroxylation is 1. The van der Waals surface area contributed by atoms with Gasteiger partial charge in [-0.05, 0) is 34.8 Å². The van der Waals surface area contributed by atoms with Crippen LogP contribution in [0.15, 0.2) is 14.7 Å². The molecule has 0 aromatic carbocycles. The minimum Gasteiger partial charge on any atom is -0.369 e. The molecule has 0 aliphatic rings. The van der Waals surface area contributed by atoms with Crippen molar-refractivity contribution < 1.29 is 13.2 Å². The maximum absolute atomic E-state index is 12.5. The summed E-state index contributed by atoms with van der Waals surface area (Å²) in [7, 11) is -3.69. The van der Waals surface area contributed by atoms with Crippen LogP contribution < -0.4 is 5.73 Å². The molecule has 2 N–H and O–H groups in total. The van der Waals surface area contributed by atoms with Crippen LogP contribution in [0.1, 0.15) is 18.7 Å². The summed E-state index contributed by atoms with van der Waals surface area (Å²) in [5, 5.41) is 0. The van der Waals surface area contributed by atoms with Gasteiger partial charge in [-0.15, -0.1) is 11.3 Å². The third kappa shape index (κ3) is 4.27. The molecule has 1 amide bonds. The van der Waals surface area contributed by atoms with Gasteiger partial charge in [0.05, 0.1) is 15.2 Å². The van der Waals surface area contributed by atoms with Crippen LogP contribution in [-0.2, 0) is 14.8 Å². The fraction of sp³-hybridized carbons (Fsp3) is 0.545. The van der Waals surface area contributed by atoms with Crippen molar-refractivity contribution in [3.05, 3.63) is 14.7 Å². The van der Waals surface area contributed by atoms with Gasteiger partial charge in [0, 0.05) is 11.4 Å². The van der Waals surface area contributed by atoms with E-state index in [4.69, 9.17) is 5.73 Å². The summed E-state index contributed by atoms with van der Waals surface area (Å²) in [5.41, 5.74) is 5.14. The number of rotatable bonds is 6. The summed E-state index contributed by atoms with van der Waals surface area (Å²) < 4.78 is 27.0. The lowest BCUT2D eigenvalue weighted by molar-refractivity contribution is -0.118. The van der Waals surface area contributed by atoms with E-state index in [0.717, 1.165) is 8.09 Å². The number of halogens is 1. The SMILES string of the molecule is Cc1sc(Br)cc1S(=O)(=O)N(CC(N)=O)CC(C)C. The molecule has 0 radical (unpaired) electrons. The highest BCUT2D eigenvalue weighted by Gasteiger charge is 2.29. The van der Waals surface area contributed by atoms with Crippen molar-refractivity contribution in [2.75, 3.05) is 13.1 Å². The number of nitrogens with zero attached hydrogens (tertiary/aromatic N) is 1. The molecule has 19 heavy (non-hydrogen) atoms. The van der Waals surface area contributed by atoms with Gasteiger partial charge in [0.2, 0.25) is 15.9 Å². The van der Waals surface area contributed by atoms with Gasteiger partial charge in [-0.2, -0.15) is 4.31 Å². The van der Waals surface area contributed by atoms with E-state index in [-0.39, 0.29) is 23.9 Å². The Hall–Kier alpha value is -0.440. The number of nitrogens with two attached hydrogens (primary N) is 1. The fourth-order valence-corrected chi connectivity index (χ4v) is 5.61. The monoisotopic (exact) mass is 368 g/mol. The zero-order valence-electron chi connectivity index (χ0n) is 11.0. The second kappa shape index (κ2) is 6.34. The standard InChI is InChI=1S/C11H17BrN2O3S2/c1-7(2)5-14(6-11(13)15)19(16,17)9-4-10(12)18-8(9)3/h4,7H,5-6H2,1-3H3,(H2,13,15). The first-order valence-corrected chi connectivity index (χ1v) is 8.74. The molecule has 1 rings (SSSR count). The minimum atomic E-state index is -3.69. The summed E-state index contributed by atoms with van der Waals surface area (Å²) in [5.74, 6) is -0.548. The molecular weight excluding hydrogens is 352 g/mol. The summed E-state index contributed by atoms with van der Waals surface area (Å²) in [6.07, 6.45) is 0. The summed E-state index contributed by atoms with van der Waals surface area (Å²) in [6, 6.07) is 1.56. The number of carbonyl (C=O) groups is 1. The van der Waals surface area contributed by atoms with Gasteiger partial charge in [0.15, 0.2) is 0 Å². The van der Waals surface area contributed by atoms with Crippen molar-refractivity contribution in [1.29, 1.82) is 0 Å². The lowest BCUT2D eigenvalue weighted by Crippen LogP contribution is -2.40. The Kier molecular flexibility index (Phi) is 5.54. The normalized spacial score (nSPS) is 12.3. The quantitative estimate of drug-likeness (QED) is 0.832. The Balaban J connectivity index is 3.18. The van der Waals surface area contributed by atoms with Crippen molar-refractivity contribution in [1.82, 2.24) is 4.31 Å². The van der Waals surface area contributed by atoms with Crippen molar-refractivity contribution in [2.45, 2.75) is 25.7 Å². The molecule has 108 valence electrons. The number of sulfonamides is 1. The first-order chi connectivity index (χ1) is 8.64. The molecule has 5 nitrogen and oxygen atoms in total. The first kappa shape index (κ1) is 16.6. The minimum absolute atomic E-state index is 0.108. The highest BCUT2D eigenvalue weighted by Crippen LogP contribution is 2.31. The van der Waals surface area contributed by atoms with Crippen LogP contribution in [0.4, 0.5) is 0 Å². The third-order valence-corrected chi connectivity index (χ3v) is 5.98. The van der Waals surface area contributed by atoms with Crippen molar-refractivity contribution in [3.63, 3.8) is 0 Å². The molecule has 8 heteroatoms. The van der Waals surface area contributed by atoms with Crippen LogP contribution in [0.25, 0.3) is 0 Å². The summed E-state index contributed by atoms with van der Waals surface area (Å²) in [4.78, 5) is 12.0. The maximum Gasteiger partial charge on any atom is 0.244 e. The largest absolute Gasteiger partial charge is 0.369 e. The Labute approximate surface area is 126 Å². The molecule has 0 saturated carbocycles. The Morgan fingerprint density at radius 1 is 1.53 bits per heavy atom. The van der Waals surface area contributed by atoms with Gasteiger partial charge >= 0.3 is 0 Å². The van der Waals surface area contributed by atoms with E-state index in [9.17, 15) is 13.2 Å². The fourth-order valence-electron chi connectivity index (χ4n) is 1.65. The van der Waals surface area contributed by atoms with E-state index >= 15 is 0 Å². The summed E-state index contributed by atoms with van der Waals surface area (Å²) in [6.45, 7) is 5.48. The van der Waals surface area contributed by atoms with E-state index in [1.54, 1.807) is 13.0 Å². The molecular formula is C11H17BrN2O3S2. The smallest absolute Gasteiger partial charge is 0.244 e. The highest BCUT2D eigenvalue weighted by molar-refractivity contribution is 9.11. The zero-order valence-corrected chi connectivity index (χ0v) is 14.2. The number of thiophene rings is 1. The van der Waals surface area contributed by atoms with Crippen molar-refractivity contribution in [2.24, 2.45) is 11.7 Å². The Morgan fingerprint density at radius 3 is 2.47 bits per heavy atom. The second-order valence-electron chi connectivity index (χ2n) is 4.63. The zero-order chi connectivity index (χ0) is 14.8. The molecule has 0 aliphatic heterocycles. The predicted octanol–water partition coefficient (Wildman–Crippen LogP) is 1.95. The second-order valence-corrected chi connectivity index (χ2v) is 9.17. The Bertz CT molecular complexity index is 566. The maximum atomic E-state index is 12.5. The first-order valence-electron chi connectivity index (χ1n) is 5.69. The Morgan fingerprint density at radius 2 is 2.11 bits per heavy atom. The molecule has 0 aliphatic carbocycles. The highest BCUT2D eigenvalue weighted by atomic mass is 79.9. The number of primary amides is 1. The van der Waals surface area contributed by atoms with Crippen LogP contribution in [0.3, 0.4) is 0 Å². The van der Waals surface area contributed by atoms with E-state index in [1.807, 2.05) is 13.8 Å². The molecule has 0 fully saturated rings. The topological polar surface area (TPSA) is 80.5 Å². The average molecular weight is 369 g/mol. The molecule has 1 aromatic rings. The summed E-state index contributed by atoms with van der Waals surface area (Å²) >= 11 is 4.62. The third-order valence-electron chi connectivity index (χ3n) is 2.36. The molecule has 0 bridgehead atoms. The van der Waals surface area contributed by atoms with Gasteiger partial charge < -0.3 is 5.73 Å². The van der Waals surface area contributed by atoms with Gasteiger partial charge in [0.25, 0.3) is 0 Å². The average Bonchev–Trinajstić information content (AvgIpc) is 2.56. The number of hydrogen-bond donors (Lipinski definition) is 1. The van der Waals surface area contributed by atoms with Gasteiger partial charge in [0.1, 0.15) is 0 Å². The molecule has 1 heterocycles. The number of amides is 1. The van der Waals surface area contributed by atoms with Crippen LogP contribution >= 0.6 is 27.3 Å². The lowest BCUT2D eigenvalue weighted by Gasteiger charge is -2.22. The van der Waals surface area contributed by atoms with Gasteiger partial charge in [-0.3, -0.25) is 4.79 Å². The predicted molar refractivity (Wildman–Crippen MR) is 79.5 cm³/mol. The van der Waals surface area contributed by atoms with Gasteiger partial charge in [-0.1, -0.05) is 13.8 Å². The molecule has 0 atom stereocenters. The van der Waals surface area contributed by atoms with Crippen molar-refractivity contribution in [3.8, 4) is 0 Å². The molecule has 0 unspecified atom stereocenters. The number of carbonyl (C=O) groups excluding carboxylic acids is 1. The van der Waals surface area contributed by atoms with Crippen LogP contribution in [0.5, 0.6) is 0 Å². The van der Waals surface area contributed by atoms with Gasteiger partial charge in [-0.25, -0.2) is 8.42 Å². The van der Waals surface area contributed by atoms with Crippen LogP contribution in [0.2, 0.25) is 0 Å².